The highest BCUT2D eigenvalue weighted by molar-refractivity contribution is 7.99. The third kappa shape index (κ3) is 3.21. The minimum Gasteiger partial charge on any atom is -0.410 e. The van der Waals surface area contributed by atoms with Crippen LogP contribution in [0.2, 0.25) is 0 Å². The number of aromatic nitrogens is 3. The first-order chi connectivity index (χ1) is 9.72. The van der Waals surface area contributed by atoms with Gasteiger partial charge in [0.05, 0.1) is 16.8 Å². The Balaban J connectivity index is 1.63. The second kappa shape index (κ2) is 6.24. The van der Waals surface area contributed by atoms with Gasteiger partial charge < -0.3 is 9.15 Å². The van der Waals surface area contributed by atoms with Crippen molar-refractivity contribution in [2.75, 3.05) is 12.4 Å². The van der Waals surface area contributed by atoms with Crippen molar-refractivity contribution < 1.29 is 9.15 Å². The van der Waals surface area contributed by atoms with E-state index in [4.69, 9.17) is 9.15 Å². The number of nitrogens with zero attached hydrogens (tertiary/aromatic N) is 3. The van der Waals surface area contributed by atoms with Crippen LogP contribution in [0, 0.1) is 13.8 Å². The second-order valence-electron chi connectivity index (χ2n) is 4.82. The number of aryl methyl sites for hydroxylation is 2. The van der Waals surface area contributed by atoms with Crippen molar-refractivity contribution in [2.24, 2.45) is 0 Å². The normalized spacial score (nSPS) is 19.4. The highest BCUT2D eigenvalue weighted by Crippen LogP contribution is 2.31. The van der Waals surface area contributed by atoms with Gasteiger partial charge in [-0.3, -0.25) is 0 Å². The summed E-state index contributed by atoms with van der Waals surface area (Å²) in [7, 11) is 0. The first-order valence-electron chi connectivity index (χ1n) is 6.74. The molecule has 20 heavy (non-hydrogen) atoms. The number of ether oxygens (including phenoxy) is 1. The van der Waals surface area contributed by atoms with Gasteiger partial charge in [-0.25, -0.2) is 4.98 Å². The Morgan fingerprint density at radius 2 is 2.20 bits per heavy atom. The summed E-state index contributed by atoms with van der Waals surface area (Å²) in [4.78, 5) is 5.35. The fourth-order valence-electron chi connectivity index (χ4n) is 2.19. The Labute approximate surface area is 126 Å². The SMILES string of the molecule is Cc1nc(C)c(-c2nnc(SC[C@@H]3CCCCO3)o2)s1. The van der Waals surface area contributed by atoms with E-state index in [1.54, 1.807) is 23.1 Å². The molecule has 0 saturated carbocycles. The van der Waals surface area contributed by atoms with Gasteiger partial charge >= 0.3 is 0 Å². The van der Waals surface area contributed by atoms with Gasteiger partial charge in [0.25, 0.3) is 11.1 Å². The molecule has 0 radical (unpaired) electrons. The lowest BCUT2D eigenvalue weighted by Crippen LogP contribution is -2.21. The van der Waals surface area contributed by atoms with Gasteiger partial charge in [0.2, 0.25) is 0 Å². The fourth-order valence-corrected chi connectivity index (χ4v) is 3.86. The van der Waals surface area contributed by atoms with Crippen molar-refractivity contribution in [3.63, 3.8) is 0 Å². The van der Waals surface area contributed by atoms with Crippen LogP contribution in [0.15, 0.2) is 9.64 Å². The number of hydrogen-bond donors (Lipinski definition) is 0. The van der Waals surface area contributed by atoms with Crippen molar-refractivity contribution in [2.45, 2.75) is 44.4 Å². The predicted octanol–water partition coefficient (Wildman–Crippen LogP) is 3.47. The van der Waals surface area contributed by atoms with Crippen LogP contribution in [-0.4, -0.2) is 33.6 Å². The van der Waals surface area contributed by atoms with Crippen LogP contribution in [0.3, 0.4) is 0 Å². The van der Waals surface area contributed by atoms with Gasteiger partial charge in [-0.2, -0.15) is 0 Å². The maximum Gasteiger partial charge on any atom is 0.276 e. The van der Waals surface area contributed by atoms with Gasteiger partial charge in [0.1, 0.15) is 4.88 Å². The number of hydrogen-bond acceptors (Lipinski definition) is 7. The molecule has 0 bridgehead atoms. The van der Waals surface area contributed by atoms with Crippen LogP contribution < -0.4 is 0 Å². The maximum atomic E-state index is 5.71. The minimum atomic E-state index is 0.316. The van der Waals surface area contributed by atoms with E-state index in [2.05, 4.69) is 15.2 Å². The molecular weight excluding hydrogens is 294 g/mol. The lowest BCUT2D eigenvalue weighted by molar-refractivity contribution is 0.0314. The van der Waals surface area contributed by atoms with E-state index in [0.717, 1.165) is 34.4 Å². The van der Waals surface area contributed by atoms with Crippen LogP contribution in [0.1, 0.15) is 30.0 Å². The molecule has 1 atom stereocenters. The molecule has 0 unspecified atom stereocenters. The lowest BCUT2D eigenvalue weighted by Gasteiger charge is -2.21. The monoisotopic (exact) mass is 311 g/mol. The van der Waals surface area contributed by atoms with E-state index in [1.165, 1.54) is 12.8 Å². The second-order valence-corrected chi connectivity index (χ2v) is 6.99. The van der Waals surface area contributed by atoms with E-state index in [-0.39, 0.29) is 0 Å². The molecule has 7 heteroatoms. The summed E-state index contributed by atoms with van der Waals surface area (Å²) in [5.41, 5.74) is 0.948. The molecule has 2 aromatic rings. The molecule has 0 amide bonds. The Morgan fingerprint density at radius 3 is 2.90 bits per heavy atom. The zero-order chi connectivity index (χ0) is 13.9. The van der Waals surface area contributed by atoms with Gasteiger partial charge in [-0.1, -0.05) is 11.8 Å². The van der Waals surface area contributed by atoms with E-state index in [9.17, 15) is 0 Å². The lowest BCUT2D eigenvalue weighted by atomic mass is 10.1. The topological polar surface area (TPSA) is 61.0 Å². The molecular formula is C13H17N3O2S2. The maximum absolute atomic E-state index is 5.71. The molecule has 0 aromatic carbocycles. The smallest absolute Gasteiger partial charge is 0.276 e. The third-order valence-corrected chi connectivity index (χ3v) is 5.18. The Hall–Kier alpha value is -0.920. The Morgan fingerprint density at radius 1 is 1.30 bits per heavy atom. The van der Waals surface area contributed by atoms with Crippen molar-refractivity contribution in [1.82, 2.24) is 15.2 Å². The van der Waals surface area contributed by atoms with Gasteiger partial charge in [-0.15, -0.1) is 21.5 Å². The van der Waals surface area contributed by atoms with Crippen molar-refractivity contribution in [1.29, 1.82) is 0 Å². The molecule has 1 saturated heterocycles. The predicted molar refractivity (Wildman–Crippen MR) is 79.2 cm³/mol. The largest absolute Gasteiger partial charge is 0.410 e. The number of rotatable bonds is 4. The first-order valence-corrected chi connectivity index (χ1v) is 8.55. The van der Waals surface area contributed by atoms with E-state index >= 15 is 0 Å². The first kappa shape index (κ1) is 14.0. The molecule has 0 aliphatic carbocycles. The summed E-state index contributed by atoms with van der Waals surface area (Å²) < 4.78 is 11.4. The summed E-state index contributed by atoms with van der Waals surface area (Å²) in [6.07, 6.45) is 3.87. The molecule has 2 aromatic heterocycles. The van der Waals surface area contributed by atoms with Crippen LogP contribution >= 0.6 is 23.1 Å². The average molecular weight is 311 g/mol. The standard InChI is InChI=1S/C13H17N3O2S2/c1-8-11(20-9(2)14-8)12-15-16-13(18-12)19-7-10-5-3-4-6-17-10/h10H,3-7H2,1-2H3/t10-/m0/s1. The molecule has 3 rings (SSSR count). The summed E-state index contributed by atoms with van der Waals surface area (Å²) in [5.74, 6) is 1.45. The number of thiazole rings is 1. The van der Waals surface area contributed by atoms with Crippen LogP contribution in [0.5, 0.6) is 0 Å². The summed E-state index contributed by atoms with van der Waals surface area (Å²) in [6, 6.07) is 0. The fraction of sp³-hybridized carbons (Fsp3) is 0.615. The highest BCUT2D eigenvalue weighted by atomic mass is 32.2. The summed E-state index contributed by atoms with van der Waals surface area (Å²) in [6.45, 7) is 4.82. The van der Waals surface area contributed by atoms with Crippen molar-refractivity contribution >= 4 is 23.1 Å². The van der Waals surface area contributed by atoms with Crippen molar-refractivity contribution in [3.05, 3.63) is 10.7 Å². The Kier molecular flexibility index (Phi) is 4.38. The molecule has 108 valence electrons. The van der Waals surface area contributed by atoms with Crippen LogP contribution in [-0.2, 0) is 4.74 Å². The molecule has 1 fully saturated rings. The van der Waals surface area contributed by atoms with E-state index in [1.807, 2.05) is 13.8 Å². The van der Waals surface area contributed by atoms with Crippen molar-refractivity contribution in [3.8, 4) is 10.8 Å². The molecule has 1 aliphatic rings. The van der Waals surface area contributed by atoms with Gasteiger partial charge in [0, 0.05) is 12.4 Å². The van der Waals surface area contributed by atoms with E-state index < -0.39 is 0 Å². The molecule has 5 nitrogen and oxygen atoms in total. The average Bonchev–Trinajstić information content (AvgIpc) is 3.04. The molecule has 0 spiro atoms. The summed E-state index contributed by atoms with van der Waals surface area (Å²) >= 11 is 3.16. The third-order valence-electron chi connectivity index (χ3n) is 3.17. The molecule has 3 heterocycles. The Bertz CT molecular complexity index is 576. The zero-order valence-electron chi connectivity index (χ0n) is 11.6. The van der Waals surface area contributed by atoms with Crippen LogP contribution in [0.25, 0.3) is 10.8 Å². The zero-order valence-corrected chi connectivity index (χ0v) is 13.2. The quantitative estimate of drug-likeness (QED) is 0.806. The summed E-state index contributed by atoms with van der Waals surface area (Å²) in [5, 5.41) is 9.84. The molecule has 1 aliphatic heterocycles. The van der Waals surface area contributed by atoms with Gasteiger partial charge in [-0.05, 0) is 33.1 Å². The van der Waals surface area contributed by atoms with Gasteiger partial charge in [0.15, 0.2) is 0 Å². The highest BCUT2D eigenvalue weighted by Gasteiger charge is 2.18. The molecule has 0 N–H and O–H groups in total. The number of thioether (sulfide) groups is 1. The minimum absolute atomic E-state index is 0.316. The van der Waals surface area contributed by atoms with Crippen LogP contribution in [0.4, 0.5) is 0 Å². The van der Waals surface area contributed by atoms with E-state index in [0.29, 0.717) is 17.2 Å².